The van der Waals surface area contributed by atoms with Crippen molar-refractivity contribution >= 4 is 61.0 Å². The molecule has 0 bridgehead atoms. The van der Waals surface area contributed by atoms with Gasteiger partial charge in [0.1, 0.15) is 0 Å². The Morgan fingerprint density at radius 3 is 2.62 bits per heavy atom. The first kappa shape index (κ1) is 19.4. The number of rotatable bonds is 6. The molecule has 0 atom stereocenters. The number of hydrogen-bond donors (Lipinski definition) is 3. The Hall–Kier alpha value is -2.95. The lowest BCUT2D eigenvalue weighted by Gasteiger charge is -2.05. The van der Waals surface area contributed by atoms with Gasteiger partial charge in [0.25, 0.3) is 10.0 Å². The van der Waals surface area contributed by atoms with Gasteiger partial charge < -0.3 is 4.98 Å². The van der Waals surface area contributed by atoms with Crippen LogP contribution in [0.3, 0.4) is 0 Å². The molecule has 29 heavy (non-hydrogen) atoms. The monoisotopic (exact) mass is 447 g/mol. The van der Waals surface area contributed by atoms with Crippen LogP contribution >= 0.6 is 22.9 Å². The summed E-state index contributed by atoms with van der Waals surface area (Å²) in [6.45, 7) is 0. The highest BCUT2D eigenvalue weighted by Gasteiger charge is 2.17. The van der Waals surface area contributed by atoms with Crippen LogP contribution in [0.15, 0.2) is 58.8 Å². The molecule has 4 aromatic rings. The van der Waals surface area contributed by atoms with E-state index in [1.165, 1.54) is 24.3 Å². The van der Waals surface area contributed by atoms with Crippen molar-refractivity contribution in [1.29, 1.82) is 0 Å². The number of carbonyl (C=O) groups is 1. The van der Waals surface area contributed by atoms with Crippen molar-refractivity contribution in [3.05, 3.63) is 64.6 Å². The molecule has 1 amide bonds. The number of para-hydroxylation sites is 2. The summed E-state index contributed by atoms with van der Waals surface area (Å²) in [6, 6.07) is 13.2. The number of aromatic nitrogens is 3. The van der Waals surface area contributed by atoms with E-state index in [9.17, 15) is 13.2 Å². The zero-order chi connectivity index (χ0) is 20.4. The van der Waals surface area contributed by atoms with Gasteiger partial charge in [-0.1, -0.05) is 23.7 Å². The van der Waals surface area contributed by atoms with E-state index in [-0.39, 0.29) is 22.4 Å². The summed E-state index contributed by atoms with van der Waals surface area (Å²) in [6.07, 6.45) is -0.0176. The Kier molecular flexibility index (Phi) is 5.22. The second kappa shape index (κ2) is 7.82. The van der Waals surface area contributed by atoms with E-state index in [1.54, 1.807) is 5.38 Å². The molecular weight excluding hydrogens is 434 g/mol. The highest BCUT2D eigenvalue weighted by molar-refractivity contribution is 7.93. The second-order valence-electron chi connectivity index (χ2n) is 6.03. The number of H-pyrrole nitrogens is 1. The number of sulfonamides is 1. The maximum absolute atomic E-state index is 12.4. The number of aromatic amines is 1. The highest BCUT2D eigenvalue weighted by Crippen LogP contribution is 2.22. The molecule has 0 radical (unpaired) electrons. The number of fused-ring (bicyclic) bond motifs is 1. The number of thiazole rings is 1. The minimum atomic E-state index is -3.78. The maximum Gasteiger partial charge on any atom is 0.263 e. The van der Waals surface area contributed by atoms with Gasteiger partial charge in [0.15, 0.2) is 5.13 Å². The molecule has 0 saturated heterocycles. The third kappa shape index (κ3) is 4.56. The van der Waals surface area contributed by atoms with Crippen LogP contribution in [0.2, 0.25) is 5.02 Å². The van der Waals surface area contributed by atoms with Crippen LogP contribution < -0.4 is 10.0 Å². The van der Waals surface area contributed by atoms with E-state index in [2.05, 4.69) is 25.0 Å². The molecular formula is C18H14ClN5O3S2. The summed E-state index contributed by atoms with van der Waals surface area (Å²) in [5.74, 6) is 0.0246. The van der Waals surface area contributed by atoms with E-state index in [1.807, 2.05) is 24.3 Å². The Balaban J connectivity index is 1.40. The molecule has 4 rings (SSSR count). The van der Waals surface area contributed by atoms with Crippen LogP contribution in [0.1, 0.15) is 5.69 Å². The van der Waals surface area contributed by atoms with E-state index in [0.717, 1.165) is 22.4 Å². The summed E-state index contributed by atoms with van der Waals surface area (Å²) in [5, 5.41) is 4.91. The molecule has 8 nitrogen and oxygen atoms in total. The van der Waals surface area contributed by atoms with Gasteiger partial charge in [-0.3, -0.25) is 14.8 Å². The predicted molar refractivity (Wildman–Crippen MR) is 113 cm³/mol. The fourth-order valence-corrected chi connectivity index (χ4v) is 4.66. The normalized spacial score (nSPS) is 11.5. The van der Waals surface area contributed by atoms with Gasteiger partial charge >= 0.3 is 0 Å². The number of nitrogens with zero attached hydrogens (tertiary/aromatic N) is 2. The SMILES string of the molecule is O=C(Cc1csc(NS(=O)(=O)c2ccc(Cl)cc2)n1)Nc1nc2ccccc2[nH]1. The Morgan fingerprint density at radius 2 is 1.86 bits per heavy atom. The second-order valence-corrected chi connectivity index (χ2v) is 9.01. The summed E-state index contributed by atoms with van der Waals surface area (Å²) in [7, 11) is -3.78. The van der Waals surface area contributed by atoms with Gasteiger partial charge in [0.05, 0.1) is 28.0 Å². The molecule has 0 aliphatic heterocycles. The number of amides is 1. The highest BCUT2D eigenvalue weighted by atomic mass is 35.5. The Labute approximate surface area is 175 Å². The number of carbonyl (C=O) groups excluding carboxylic acids is 1. The van der Waals surface area contributed by atoms with Gasteiger partial charge in [-0.05, 0) is 36.4 Å². The van der Waals surface area contributed by atoms with Gasteiger partial charge in [-0.15, -0.1) is 11.3 Å². The lowest BCUT2D eigenvalue weighted by Crippen LogP contribution is -2.16. The predicted octanol–water partition coefficient (Wildman–Crippen LogP) is 3.65. The molecule has 0 aliphatic rings. The molecule has 2 aromatic heterocycles. The van der Waals surface area contributed by atoms with E-state index in [0.29, 0.717) is 16.7 Å². The van der Waals surface area contributed by atoms with Crippen molar-refractivity contribution < 1.29 is 13.2 Å². The van der Waals surface area contributed by atoms with Crippen molar-refractivity contribution in [2.75, 3.05) is 10.0 Å². The van der Waals surface area contributed by atoms with Crippen molar-refractivity contribution in [3.63, 3.8) is 0 Å². The quantitative estimate of drug-likeness (QED) is 0.417. The summed E-state index contributed by atoms with van der Waals surface area (Å²) >= 11 is 6.88. The third-order valence-electron chi connectivity index (χ3n) is 3.89. The molecule has 0 saturated carbocycles. The van der Waals surface area contributed by atoms with Gasteiger partial charge in [0.2, 0.25) is 11.9 Å². The number of nitrogens with one attached hydrogen (secondary N) is 3. The fourth-order valence-electron chi connectivity index (χ4n) is 2.58. The first-order valence-corrected chi connectivity index (χ1v) is 11.1. The summed E-state index contributed by atoms with van der Waals surface area (Å²) < 4.78 is 27.2. The standard InChI is InChI=1S/C18H14ClN5O3S2/c19-11-5-7-13(8-6-11)29(26,27)24-18-20-12(10-28-18)9-16(25)23-17-21-14-3-1-2-4-15(14)22-17/h1-8,10H,9H2,(H,20,24)(H2,21,22,23,25). The maximum atomic E-state index is 12.4. The largest absolute Gasteiger partial charge is 0.324 e. The Bertz CT molecular complexity index is 1250. The average molecular weight is 448 g/mol. The molecule has 0 spiro atoms. The molecule has 0 unspecified atom stereocenters. The van der Waals surface area contributed by atoms with Crippen LogP contribution in [0.25, 0.3) is 11.0 Å². The lowest BCUT2D eigenvalue weighted by atomic mass is 10.3. The number of anilines is 2. The van der Waals surface area contributed by atoms with E-state index < -0.39 is 10.0 Å². The van der Waals surface area contributed by atoms with Crippen molar-refractivity contribution in [3.8, 4) is 0 Å². The number of hydrogen-bond acceptors (Lipinski definition) is 6. The lowest BCUT2D eigenvalue weighted by molar-refractivity contribution is -0.115. The molecule has 11 heteroatoms. The molecule has 2 aromatic carbocycles. The van der Waals surface area contributed by atoms with Crippen LogP contribution in [-0.2, 0) is 21.2 Å². The molecule has 0 fully saturated rings. The van der Waals surface area contributed by atoms with E-state index in [4.69, 9.17) is 11.6 Å². The fraction of sp³-hybridized carbons (Fsp3) is 0.0556. The summed E-state index contributed by atoms with van der Waals surface area (Å²) in [4.78, 5) is 23.8. The zero-order valence-corrected chi connectivity index (χ0v) is 17.1. The summed E-state index contributed by atoms with van der Waals surface area (Å²) in [5.41, 5.74) is 2.00. The molecule has 3 N–H and O–H groups in total. The molecule has 2 heterocycles. The van der Waals surface area contributed by atoms with Crippen LogP contribution in [0, 0.1) is 0 Å². The van der Waals surface area contributed by atoms with Gasteiger partial charge in [-0.2, -0.15) is 0 Å². The van der Waals surface area contributed by atoms with Gasteiger partial charge in [0, 0.05) is 10.4 Å². The van der Waals surface area contributed by atoms with Crippen molar-refractivity contribution in [2.24, 2.45) is 0 Å². The smallest absolute Gasteiger partial charge is 0.263 e. The van der Waals surface area contributed by atoms with Crippen LogP contribution in [0.5, 0.6) is 0 Å². The van der Waals surface area contributed by atoms with Crippen molar-refractivity contribution in [2.45, 2.75) is 11.3 Å². The zero-order valence-electron chi connectivity index (χ0n) is 14.7. The number of benzene rings is 2. The minimum Gasteiger partial charge on any atom is -0.324 e. The first-order valence-electron chi connectivity index (χ1n) is 8.36. The minimum absolute atomic E-state index is 0.0176. The van der Waals surface area contributed by atoms with E-state index >= 15 is 0 Å². The van der Waals surface area contributed by atoms with Gasteiger partial charge in [-0.25, -0.2) is 18.4 Å². The first-order chi connectivity index (χ1) is 13.9. The number of imidazole rings is 1. The average Bonchev–Trinajstić information content (AvgIpc) is 3.27. The molecule has 0 aliphatic carbocycles. The van der Waals surface area contributed by atoms with Crippen LogP contribution in [-0.4, -0.2) is 29.3 Å². The molecule has 148 valence electrons. The number of halogens is 1. The van der Waals surface area contributed by atoms with Crippen LogP contribution in [0.4, 0.5) is 11.1 Å². The third-order valence-corrected chi connectivity index (χ3v) is 6.43. The Morgan fingerprint density at radius 1 is 1.10 bits per heavy atom. The van der Waals surface area contributed by atoms with Crippen molar-refractivity contribution in [1.82, 2.24) is 15.0 Å². The topological polar surface area (TPSA) is 117 Å².